The number of aryl methyl sites for hydroxylation is 2. The van der Waals surface area contributed by atoms with E-state index in [1.807, 2.05) is 0 Å². The number of rotatable bonds is 10. The van der Waals surface area contributed by atoms with E-state index in [2.05, 4.69) is 268 Å². The van der Waals surface area contributed by atoms with Crippen LogP contribution in [0.25, 0.3) is 27.8 Å². The van der Waals surface area contributed by atoms with Crippen LogP contribution in [0.1, 0.15) is 77.5 Å². The van der Waals surface area contributed by atoms with E-state index in [1.54, 1.807) is 0 Å². The van der Waals surface area contributed by atoms with Crippen LogP contribution in [0.5, 0.6) is 0 Å². The van der Waals surface area contributed by atoms with E-state index in [4.69, 9.17) is 0 Å². The highest BCUT2D eigenvalue weighted by Gasteiger charge is 2.37. The van der Waals surface area contributed by atoms with Gasteiger partial charge in [-0.25, -0.2) is 0 Å². The number of allylic oxidation sites excluding steroid dienone is 7. The third-order valence-corrected chi connectivity index (χ3v) is 14.2. The lowest BCUT2D eigenvalue weighted by molar-refractivity contribution is 0.660. The Morgan fingerprint density at radius 1 is 0.448 bits per heavy atom. The molecule has 2 heteroatoms. The van der Waals surface area contributed by atoms with Crippen LogP contribution in [-0.2, 0) is 5.41 Å². The Bertz CT molecular complexity index is 3240. The summed E-state index contributed by atoms with van der Waals surface area (Å²) in [6, 6.07) is 71.9. The Labute approximate surface area is 397 Å². The quantitative estimate of drug-likeness (QED) is 0.135. The van der Waals surface area contributed by atoms with Crippen molar-refractivity contribution >= 4 is 34.0 Å². The molecule has 0 radical (unpaired) electrons. The number of hydrogen-bond acceptors (Lipinski definition) is 2. The molecule has 0 aromatic heterocycles. The summed E-state index contributed by atoms with van der Waals surface area (Å²) in [6.45, 7) is 9.16. The normalized spacial score (nSPS) is 16.7. The molecular weight excluding hydrogens is 809 g/mol. The molecule has 2 unspecified atom stereocenters. The first-order valence-electron chi connectivity index (χ1n) is 23.9. The molecule has 11 rings (SSSR count). The average Bonchev–Trinajstić information content (AvgIpc) is 3.59. The van der Waals surface area contributed by atoms with E-state index in [9.17, 15) is 0 Å². The van der Waals surface area contributed by atoms with Gasteiger partial charge in [0.2, 0.25) is 0 Å². The van der Waals surface area contributed by atoms with Crippen molar-refractivity contribution in [1.29, 1.82) is 0 Å². The third kappa shape index (κ3) is 8.19. The van der Waals surface area contributed by atoms with Gasteiger partial charge in [0.05, 0.1) is 0 Å². The van der Waals surface area contributed by atoms with E-state index in [1.165, 1.54) is 83.8 Å². The summed E-state index contributed by atoms with van der Waals surface area (Å²) in [6.07, 6.45) is 15.9. The standard InChI is InChI=1S/C65H56N2/c1-45-15-11-25-57(39-45)66(55-31-27-49(28-32-55)53-23-13-21-51(41-53)47-17-7-5-8-18-47)59-35-37-61-62-38-36-60(44-64(62)65(3,4)63(61)43-59)67(58-26-12-16-46(2)40-58)56-33-29-50(30-34-56)54-24-14-22-52(42-54)48-19-9-6-10-20-48/h5-29,31-40,42-44,50-51H,30,41H2,1-4H3. The van der Waals surface area contributed by atoms with Gasteiger partial charge in [-0.15, -0.1) is 0 Å². The summed E-state index contributed by atoms with van der Waals surface area (Å²) in [5, 5.41) is 0. The zero-order valence-corrected chi connectivity index (χ0v) is 38.9. The second-order valence-corrected chi connectivity index (χ2v) is 19.1. The molecule has 8 aromatic rings. The van der Waals surface area contributed by atoms with Gasteiger partial charge in [0.25, 0.3) is 0 Å². The minimum Gasteiger partial charge on any atom is -0.311 e. The highest BCUT2D eigenvalue weighted by atomic mass is 15.2. The third-order valence-electron chi connectivity index (χ3n) is 14.2. The van der Waals surface area contributed by atoms with Crippen molar-refractivity contribution in [3.63, 3.8) is 0 Å². The molecule has 8 aromatic carbocycles. The Kier molecular flexibility index (Phi) is 11.0. The fourth-order valence-electron chi connectivity index (χ4n) is 10.7. The van der Waals surface area contributed by atoms with Gasteiger partial charge in [-0.1, -0.05) is 178 Å². The lowest BCUT2D eigenvalue weighted by atomic mass is 9.82. The number of anilines is 5. The maximum atomic E-state index is 2.45. The topological polar surface area (TPSA) is 6.48 Å². The predicted octanol–water partition coefficient (Wildman–Crippen LogP) is 17.6. The van der Waals surface area contributed by atoms with Gasteiger partial charge >= 0.3 is 0 Å². The van der Waals surface area contributed by atoms with Crippen molar-refractivity contribution in [1.82, 2.24) is 0 Å². The van der Waals surface area contributed by atoms with Gasteiger partial charge in [0.15, 0.2) is 0 Å². The van der Waals surface area contributed by atoms with Crippen molar-refractivity contribution in [3.05, 3.63) is 275 Å². The molecular formula is C65H56N2. The number of hydrogen-bond donors (Lipinski definition) is 0. The zero-order valence-electron chi connectivity index (χ0n) is 38.9. The van der Waals surface area contributed by atoms with Crippen LogP contribution in [0.15, 0.2) is 236 Å². The van der Waals surface area contributed by atoms with Crippen LogP contribution in [0, 0.1) is 13.8 Å². The molecule has 326 valence electrons. The summed E-state index contributed by atoms with van der Waals surface area (Å²) in [7, 11) is 0. The van der Waals surface area contributed by atoms with Crippen molar-refractivity contribution in [2.75, 3.05) is 9.80 Å². The zero-order chi connectivity index (χ0) is 45.5. The summed E-state index contributed by atoms with van der Waals surface area (Å²) < 4.78 is 0. The molecule has 0 saturated carbocycles. The first-order valence-corrected chi connectivity index (χ1v) is 23.9. The SMILES string of the molecule is Cc1cccc(N(C2=CCC(c3cccc(-c4ccccc4)c3)C=C2)c2ccc3c(c2)C(C)(C)c2cc(N(c4ccc(C5=CC=CC(c6ccccc6)C5)cc4)c4cccc(C)c4)ccc2-3)c1. The van der Waals surface area contributed by atoms with Crippen LogP contribution in [0.2, 0.25) is 0 Å². The summed E-state index contributed by atoms with van der Waals surface area (Å²) in [5.41, 5.74) is 22.4. The van der Waals surface area contributed by atoms with Crippen molar-refractivity contribution in [2.24, 2.45) is 0 Å². The molecule has 0 amide bonds. The first kappa shape index (κ1) is 42.0. The molecule has 3 aliphatic carbocycles. The van der Waals surface area contributed by atoms with Gasteiger partial charge in [0.1, 0.15) is 0 Å². The number of benzene rings is 8. The maximum absolute atomic E-state index is 2.45. The van der Waals surface area contributed by atoms with Crippen LogP contribution in [0.4, 0.5) is 28.4 Å². The van der Waals surface area contributed by atoms with E-state index in [-0.39, 0.29) is 5.41 Å². The Morgan fingerprint density at radius 3 is 1.66 bits per heavy atom. The molecule has 0 N–H and O–H groups in total. The smallest absolute Gasteiger partial charge is 0.0465 e. The number of nitrogens with zero attached hydrogens (tertiary/aromatic N) is 2. The fourth-order valence-corrected chi connectivity index (χ4v) is 10.7. The molecule has 0 aliphatic heterocycles. The van der Waals surface area contributed by atoms with E-state index in [0.29, 0.717) is 11.8 Å². The number of fused-ring (bicyclic) bond motifs is 3. The molecule has 2 nitrogen and oxygen atoms in total. The van der Waals surface area contributed by atoms with Crippen molar-refractivity contribution < 1.29 is 0 Å². The van der Waals surface area contributed by atoms with Crippen molar-refractivity contribution in [2.45, 2.75) is 57.8 Å². The minimum absolute atomic E-state index is 0.237. The van der Waals surface area contributed by atoms with Gasteiger partial charge in [0, 0.05) is 51.4 Å². The summed E-state index contributed by atoms with van der Waals surface area (Å²) >= 11 is 0. The van der Waals surface area contributed by atoms with E-state index >= 15 is 0 Å². The van der Waals surface area contributed by atoms with E-state index < -0.39 is 0 Å². The molecule has 67 heavy (non-hydrogen) atoms. The van der Waals surface area contributed by atoms with Gasteiger partial charge in [-0.05, 0) is 160 Å². The van der Waals surface area contributed by atoms with Crippen LogP contribution >= 0.6 is 0 Å². The van der Waals surface area contributed by atoms with Gasteiger partial charge in [-0.2, -0.15) is 0 Å². The average molecular weight is 865 g/mol. The second-order valence-electron chi connectivity index (χ2n) is 19.1. The van der Waals surface area contributed by atoms with Gasteiger partial charge in [-0.3, -0.25) is 0 Å². The Hall–Kier alpha value is -7.68. The Morgan fingerprint density at radius 2 is 1.01 bits per heavy atom. The largest absolute Gasteiger partial charge is 0.311 e. The maximum Gasteiger partial charge on any atom is 0.0465 e. The highest BCUT2D eigenvalue weighted by Crippen LogP contribution is 2.52. The molecule has 3 aliphatic rings. The Balaban J connectivity index is 0.909. The summed E-state index contributed by atoms with van der Waals surface area (Å²) in [4.78, 5) is 4.88. The second kappa shape index (κ2) is 17.6. The molecule has 0 heterocycles. The van der Waals surface area contributed by atoms with Gasteiger partial charge < -0.3 is 9.80 Å². The van der Waals surface area contributed by atoms with E-state index in [0.717, 1.165) is 29.9 Å². The molecule has 0 saturated heterocycles. The summed E-state index contributed by atoms with van der Waals surface area (Å²) in [5.74, 6) is 0.694. The van der Waals surface area contributed by atoms with Crippen molar-refractivity contribution in [3.8, 4) is 22.3 Å². The predicted molar refractivity (Wildman–Crippen MR) is 284 cm³/mol. The molecule has 2 atom stereocenters. The lowest BCUT2D eigenvalue weighted by Gasteiger charge is -2.31. The first-order chi connectivity index (χ1) is 32.8. The lowest BCUT2D eigenvalue weighted by Crippen LogP contribution is -2.20. The molecule has 0 fully saturated rings. The van der Waals surface area contributed by atoms with Crippen LogP contribution in [-0.4, -0.2) is 0 Å². The molecule has 0 spiro atoms. The van der Waals surface area contributed by atoms with Crippen LogP contribution in [0.3, 0.4) is 0 Å². The monoisotopic (exact) mass is 864 g/mol. The fraction of sp³-hybridized carbons (Fsp3) is 0.138. The van der Waals surface area contributed by atoms with Crippen LogP contribution < -0.4 is 9.80 Å². The molecule has 0 bridgehead atoms. The minimum atomic E-state index is -0.237. The highest BCUT2D eigenvalue weighted by molar-refractivity contribution is 5.88.